The van der Waals surface area contributed by atoms with Crippen molar-refractivity contribution in [2.75, 3.05) is 4.90 Å². The molecule has 0 saturated heterocycles. The van der Waals surface area contributed by atoms with Crippen LogP contribution in [0.4, 0.5) is 15.5 Å². The molecule has 0 aromatic carbocycles. The molecule has 2 rings (SSSR count). The van der Waals surface area contributed by atoms with E-state index in [1.807, 2.05) is 0 Å². The fraction of sp³-hybridized carbons (Fsp3) is 0.500. The minimum Gasteiger partial charge on any atom is -0.443 e. The summed E-state index contributed by atoms with van der Waals surface area (Å²) in [5.74, 6) is -0.158. The standard InChI is InChI=1S/C16H21BN4O4/c1-15(2,3)24-13(22)21(14(23)25-16(4,5)6)12-18-11-9-10(17)7-8-20(11)19-12/h7-9H,1-6H3. The zero-order valence-corrected chi connectivity index (χ0v) is 15.2. The van der Waals surface area contributed by atoms with Crippen LogP contribution in [0.25, 0.3) is 5.65 Å². The van der Waals surface area contributed by atoms with Gasteiger partial charge in [0.05, 0.1) is 0 Å². The number of fused-ring (bicyclic) bond motifs is 1. The van der Waals surface area contributed by atoms with Gasteiger partial charge in [0.1, 0.15) is 19.0 Å². The van der Waals surface area contributed by atoms with Crippen LogP contribution < -0.4 is 10.4 Å². The Morgan fingerprint density at radius 3 is 2.08 bits per heavy atom. The van der Waals surface area contributed by atoms with Gasteiger partial charge in [-0.15, -0.1) is 10.00 Å². The lowest BCUT2D eigenvalue weighted by Gasteiger charge is -2.26. The van der Waals surface area contributed by atoms with Gasteiger partial charge >= 0.3 is 12.2 Å². The number of anilines is 1. The van der Waals surface area contributed by atoms with Gasteiger partial charge in [-0.2, -0.15) is 4.98 Å². The van der Waals surface area contributed by atoms with E-state index in [0.717, 1.165) is 0 Å². The average molecular weight is 344 g/mol. The first kappa shape index (κ1) is 18.8. The maximum Gasteiger partial charge on any atom is 0.427 e. The molecule has 0 unspecified atom stereocenters. The fourth-order valence-electron chi connectivity index (χ4n) is 1.83. The number of aromatic nitrogens is 3. The van der Waals surface area contributed by atoms with Gasteiger partial charge < -0.3 is 9.47 Å². The zero-order valence-electron chi connectivity index (χ0n) is 15.2. The molecule has 9 heteroatoms. The van der Waals surface area contributed by atoms with Crippen LogP contribution in [0.15, 0.2) is 18.3 Å². The summed E-state index contributed by atoms with van der Waals surface area (Å²) in [7, 11) is 5.72. The molecule has 0 aliphatic carbocycles. The number of ether oxygens (including phenoxy) is 2. The van der Waals surface area contributed by atoms with Gasteiger partial charge in [0.2, 0.25) is 0 Å². The molecular weight excluding hydrogens is 323 g/mol. The van der Waals surface area contributed by atoms with Crippen molar-refractivity contribution in [2.45, 2.75) is 52.7 Å². The van der Waals surface area contributed by atoms with Crippen LogP contribution in [0, 0.1) is 0 Å². The van der Waals surface area contributed by atoms with E-state index in [0.29, 0.717) is 16.0 Å². The van der Waals surface area contributed by atoms with Crippen molar-refractivity contribution in [1.29, 1.82) is 0 Å². The third-order valence-electron chi connectivity index (χ3n) is 2.70. The van der Waals surface area contributed by atoms with Gasteiger partial charge in [0, 0.05) is 6.20 Å². The number of pyridine rings is 1. The van der Waals surface area contributed by atoms with Gasteiger partial charge in [-0.3, -0.25) is 0 Å². The van der Waals surface area contributed by atoms with E-state index in [-0.39, 0.29) is 5.95 Å². The summed E-state index contributed by atoms with van der Waals surface area (Å²) in [4.78, 5) is 29.9. The van der Waals surface area contributed by atoms with E-state index in [1.165, 1.54) is 4.52 Å². The summed E-state index contributed by atoms with van der Waals surface area (Å²) < 4.78 is 12.0. The first-order valence-electron chi connectivity index (χ1n) is 7.74. The van der Waals surface area contributed by atoms with Crippen LogP contribution in [0.3, 0.4) is 0 Å². The molecule has 132 valence electrons. The molecule has 0 saturated carbocycles. The molecule has 0 bridgehead atoms. The smallest absolute Gasteiger partial charge is 0.427 e. The lowest BCUT2D eigenvalue weighted by molar-refractivity contribution is 0.0427. The van der Waals surface area contributed by atoms with Gasteiger partial charge in [-0.25, -0.2) is 14.1 Å². The highest BCUT2D eigenvalue weighted by molar-refractivity contribution is 6.32. The first-order valence-corrected chi connectivity index (χ1v) is 7.74. The van der Waals surface area contributed by atoms with E-state index in [2.05, 4.69) is 10.1 Å². The lowest BCUT2D eigenvalue weighted by Crippen LogP contribution is -2.44. The summed E-state index contributed by atoms with van der Waals surface area (Å²) in [5.41, 5.74) is -0.748. The quantitative estimate of drug-likeness (QED) is 0.737. The normalized spacial score (nSPS) is 12.1. The highest BCUT2D eigenvalue weighted by Crippen LogP contribution is 2.19. The molecule has 2 heterocycles. The number of carbonyl (C=O) groups is 2. The molecule has 2 radical (unpaired) electrons. The largest absolute Gasteiger partial charge is 0.443 e. The number of hydrogen-bond donors (Lipinski definition) is 0. The van der Waals surface area contributed by atoms with Crippen LogP contribution in [-0.4, -0.2) is 45.8 Å². The zero-order chi connectivity index (χ0) is 19.0. The van der Waals surface area contributed by atoms with E-state index in [9.17, 15) is 9.59 Å². The maximum atomic E-state index is 12.5. The minimum atomic E-state index is -0.925. The first-order chi connectivity index (χ1) is 11.4. The predicted octanol–water partition coefficient (Wildman–Crippen LogP) is 2.20. The van der Waals surface area contributed by atoms with E-state index in [1.54, 1.807) is 59.9 Å². The number of carbonyl (C=O) groups excluding carboxylic acids is 2. The molecule has 0 atom stereocenters. The van der Waals surface area contributed by atoms with Crippen LogP contribution in [0.2, 0.25) is 0 Å². The monoisotopic (exact) mass is 344 g/mol. The lowest BCUT2D eigenvalue weighted by atomic mass is 9.98. The predicted molar refractivity (Wildman–Crippen MR) is 93.3 cm³/mol. The summed E-state index contributed by atoms with van der Waals surface area (Å²) in [6, 6.07) is 3.19. The molecule has 2 amide bonds. The summed E-state index contributed by atoms with van der Waals surface area (Å²) in [5, 5.41) is 4.13. The topological polar surface area (TPSA) is 86.0 Å². The number of nitrogens with zero attached hydrogens (tertiary/aromatic N) is 4. The van der Waals surface area contributed by atoms with E-state index < -0.39 is 23.4 Å². The Morgan fingerprint density at radius 2 is 1.60 bits per heavy atom. The van der Waals surface area contributed by atoms with Gasteiger partial charge in [-0.1, -0.05) is 11.5 Å². The Hall–Kier alpha value is -2.58. The number of imide groups is 1. The molecular formula is C16H21BN4O4. The van der Waals surface area contributed by atoms with Crippen molar-refractivity contribution >= 4 is 37.1 Å². The highest BCUT2D eigenvalue weighted by Gasteiger charge is 2.35. The SMILES string of the molecule is [B]c1ccn2nc(N(C(=O)OC(C)(C)C)C(=O)OC(C)(C)C)nc2c1. The third-order valence-corrected chi connectivity index (χ3v) is 2.70. The molecule has 0 fully saturated rings. The van der Waals surface area contributed by atoms with Crippen molar-refractivity contribution in [3.63, 3.8) is 0 Å². The molecule has 2 aromatic heterocycles. The molecule has 0 N–H and O–H groups in total. The second-order valence-corrected chi connectivity index (χ2v) is 7.47. The van der Waals surface area contributed by atoms with Crippen LogP contribution >= 0.6 is 0 Å². The maximum absolute atomic E-state index is 12.5. The Kier molecular flexibility index (Phi) is 4.79. The second-order valence-electron chi connectivity index (χ2n) is 7.47. The molecule has 0 aliphatic rings. The number of rotatable bonds is 1. The Morgan fingerprint density at radius 1 is 1.08 bits per heavy atom. The summed E-state index contributed by atoms with van der Waals surface area (Å²) in [6.45, 7) is 10.1. The Labute approximate surface area is 147 Å². The molecule has 25 heavy (non-hydrogen) atoms. The number of amides is 2. The number of hydrogen-bond acceptors (Lipinski definition) is 6. The van der Waals surface area contributed by atoms with Crippen molar-refractivity contribution in [2.24, 2.45) is 0 Å². The average Bonchev–Trinajstić information content (AvgIpc) is 2.76. The highest BCUT2D eigenvalue weighted by atomic mass is 16.6. The van der Waals surface area contributed by atoms with Crippen molar-refractivity contribution < 1.29 is 19.1 Å². The van der Waals surface area contributed by atoms with Gasteiger partial charge in [0.15, 0.2) is 5.65 Å². The fourth-order valence-corrected chi connectivity index (χ4v) is 1.83. The van der Waals surface area contributed by atoms with Crippen molar-refractivity contribution in [3.8, 4) is 0 Å². The molecule has 8 nitrogen and oxygen atoms in total. The second kappa shape index (κ2) is 6.38. The van der Waals surface area contributed by atoms with Crippen molar-refractivity contribution in [3.05, 3.63) is 18.3 Å². The van der Waals surface area contributed by atoms with Crippen LogP contribution in [-0.2, 0) is 9.47 Å². The Bertz CT molecular complexity index is 777. The van der Waals surface area contributed by atoms with Gasteiger partial charge in [-0.05, 0) is 47.6 Å². The Balaban J connectivity index is 2.44. The third kappa shape index (κ3) is 4.95. The summed E-state index contributed by atoms with van der Waals surface area (Å²) >= 11 is 0. The van der Waals surface area contributed by atoms with Crippen LogP contribution in [0.5, 0.6) is 0 Å². The van der Waals surface area contributed by atoms with Crippen LogP contribution in [0.1, 0.15) is 41.5 Å². The molecule has 0 spiro atoms. The van der Waals surface area contributed by atoms with E-state index >= 15 is 0 Å². The molecule has 2 aromatic rings. The summed E-state index contributed by atoms with van der Waals surface area (Å²) in [6.07, 6.45) is -0.278. The van der Waals surface area contributed by atoms with E-state index in [4.69, 9.17) is 17.3 Å². The van der Waals surface area contributed by atoms with Gasteiger partial charge in [0.25, 0.3) is 5.95 Å². The molecule has 0 aliphatic heterocycles. The van der Waals surface area contributed by atoms with Crippen molar-refractivity contribution in [1.82, 2.24) is 14.6 Å². The minimum absolute atomic E-state index is 0.158.